The summed E-state index contributed by atoms with van der Waals surface area (Å²) in [7, 11) is 0. The molecule has 0 radical (unpaired) electrons. The third-order valence-electron chi connectivity index (χ3n) is 2.07. The average Bonchev–Trinajstić information content (AvgIpc) is 2.27. The van der Waals surface area contributed by atoms with E-state index in [9.17, 15) is 4.79 Å². The van der Waals surface area contributed by atoms with E-state index in [4.69, 9.17) is 10.5 Å². The monoisotopic (exact) mass is 207 g/mol. The summed E-state index contributed by atoms with van der Waals surface area (Å²) >= 11 is 0. The standard InChI is InChI=1S/C12H17NO2/c1-2-15-11-6-3-5-10(9-11)12(14)7-4-8-13/h3,5-6,9H,2,4,7-8,13H2,1H3. The second-order valence-electron chi connectivity index (χ2n) is 3.28. The minimum Gasteiger partial charge on any atom is -0.494 e. The predicted molar refractivity (Wildman–Crippen MR) is 60.2 cm³/mol. The van der Waals surface area contributed by atoms with E-state index < -0.39 is 0 Å². The third-order valence-corrected chi connectivity index (χ3v) is 2.07. The van der Waals surface area contributed by atoms with Gasteiger partial charge in [-0.05, 0) is 32.0 Å². The van der Waals surface area contributed by atoms with E-state index in [-0.39, 0.29) is 5.78 Å². The van der Waals surface area contributed by atoms with Crippen LogP contribution in [0.3, 0.4) is 0 Å². The Morgan fingerprint density at radius 3 is 2.93 bits per heavy atom. The molecule has 0 aromatic heterocycles. The smallest absolute Gasteiger partial charge is 0.163 e. The number of carbonyl (C=O) groups is 1. The SMILES string of the molecule is CCOc1cccc(C(=O)CCCN)c1. The molecule has 1 aromatic carbocycles. The van der Waals surface area contributed by atoms with Crippen LogP contribution in [0.1, 0.15) is 30.1 Å². The van der Waals surface area contributed by atoms with E-state index in [0.29, 0.717) is 25.1 Å². The van der Waals surface area contributed by atoms with Gasteiger partial charge in [0.25, 0.3) is 0 Å². The fourth-order valence-electron chi connectivity index (χ4n) is 1.33. The van der Waals surface area contributed by atoms with Crippen molar-refractivity contribution in [2.45, 2.75) is 19.8 Å². The first-order chi connectivity index (χ1) is 7.27. The lowest BCUT2D eigenvalue weighted by Gasteiger charge is -2.05. The molecule has 0 aliphatic heterocycles. The van der Waals surface area contributed by atoms with Gasteiger partial charge in [-0.2, -0.15) is 0 Å². The van der Waals surface area contributed by atoms with Crippen molar-refractivity contribution in [3.8, 4) is 5.75 Å². The lowest BCUT2D eigenvalue weighted by Crippen LogP contribution is -2.05. The summed E-state index contributed by atoms with van der Waals surface area (Å²) in [5, 5.41) is 0. The molecule has 0 spiro atoms. The molecule has 3 nitrogen and oxygen atoms in total. The number of Topliss-reactive ketones (excluding diaryl/α,β-unsaturated/α-hetero) is 1. The van der Waals surface area contributed by atoms with Crippen LogP contribution in [0.2, 0.25) is 0 Å². The van der Waals surface area contributed by atoms with E-state index in [2.05, 4.69) is 0 Å². The van der Waals surface area contributed by atoms with Crippen LogP contribution in [0, 0.1) is 0 Å². The van der Waals surface area contributed by atoms with Crippen LogP contribution in [0.25, 0.3) is 0 Å². The van der Waals surface area contributed by atoms with Gasteiger partial charge in [0.15, 0.2) is 5.78 Å². The molecule has 0 unspecified atom stereocenters. The van der Waals surface area contributed by atoms with Crippen molar-refractivity contribution in [2.24, 2.45) is 5.73 Å². The van der Waals surface area contributed by atoms with Gasteiger partial charge in [0, 0.05) is 12.0 Å². The molecule has 2 N–H and O–H groups in total. The van der Waals surface area contributed by atoms with Crippen molar-refractivity contribution in [3.63, 3.8) is 0 Å². The summed E-state index contributed by atoms with van der Waals surface area (Å²) in [6.07, 6.45) is 1.24. The van der Waals surface area contributed by atoms with Crippen molar-refractivity contribution < 1.29 is 9.53 Å². The highest BCUT2D eigenvalue weighted by Crippen LogP contribution is 2.15. The lowest BCUT2D eigenvalue weighted by molar-refractivity contribution is 0.0980. The molecule has 0 heterocycles. The second kappa shape index (κ2) is 6.19. The quantitative estimate of drug-likeness (QED) is 0.726. The Hall–Kier alpha value is -1.35. The molecule has 0 aliphatic rings. The van der Waals surface area contributed by atoms with Crippen LogP contribution in [0.15, 0.2) is 24.3 Å². The molecule has 0 aliphatic carbocycles. The molecule has 0 bridgehead atoms. The molecule has 0 fully saturated rings. The maximum Gasteiger partial charge on any atom is 0.163 e. The Labute approximate surface area is 90.2 Å². The Kier molecular flexibility index (Phi) is 4.84. The molecular formula is C12H17NO2. The van der Waals surface area contributed by atoms with Gasteiger partial charge in [-0.1, -0.05) is 12.1 Å². The summed E-state index contributed by atoms with van der Waals surface area (Å²) < 4.78 is 5.32. The molecular weight excluding hydrogens is 190 g/mol. The van der Waals surface area contributed by atoms with Gasteiger partial charge in [0.05, 0.1) is 6.61 Å². The van der Waals surface area contributed by atoms with Crippen molar-refractivity contribution in [1.29, 1.82) is 0 Å². The van der Waals surface area contributed by atoms with Crippen LogP contribution in [0.4, 0.5) is 0 Å². The van der Waals surface area contributed by atoms with Gasteiger partial charge in [0.2, 0.25) is 0 Å². The Balaban J connectivity index is 2.67. The van der Waals surface area contributed by atoms with Gasteiger partial charge in [-0.25, -0.2) is 0 Å². The summed E-state index contributed by atoms with van der Waals surface area (Å²) in [6, 6.07) is 7.27. The van der Waals surface area contributed by atoms with Gasteiger partial charge in [-0.3, -0.25) is 4.79 Å². The van der Waals surface area contributed by atoms with Crippen molar-refractivity contribution in [2.75, 3.05) is 13.2 Å². The van der Waals surface area contributed by atoms with Crippen molar-refractivity contribution in [1.82, 2.24) is 0 Å². The van der Waals surface area contributed by atoms with Crippen molar-refractivity contribution >= 4 is 5.78 Å². The topological polar surface area (TPSA) is 52.3 Å². The summed E-state index contributed by atoms with van der Waals surface area (Å²) in [5.74, 6) is 0.873. The minimum absolute atomic E-state index is 0.127. The molecule has 3 heteroatoms. The Bertz CT molecular complexity index is 323. The fourth-order valence-corrected chi connectivity index (χ4v) is 1.33. The predicted octanol–water partition coefficient (Wildman–Crippen LogP) is 2.01. The van der Waals surface area contributed by atoms with Crippen LogP contribution >= 0.6 is 0 Å². The van der Waals surface area contributed by atoms with Crippen molar-refractivity contribution in [3.05, 3.63) is 29.8 Å². The molecule has 0 atom stereocenters. The number of hydrogen-bond acceptors (Lipinski definition) is 3. The molecule has 0 amide bonds. The Morgan fingerprint density at radius 2 is 2.27 bits per heavy atom. The molecule has 82 valence electrons. The van der Waals surface area contributed by atoms with E-state index in [1.54, 1.807) is 12.1 Å². The lowest BCUT2D eigenvalue weighted by atomic mass is 10.1. The normalized spacial score (nSPS) is 10.0. The first-order valence-electron chi connectivity index (χ1n) is 5.24. The van der Waals surface area contributed by atoms with Gasteiger partial charge < -0.3 is 10.5 Å². The number of hydrogen-bond donors (Lipinski definition) is 1. The molecule has 1 rings (SSSR count). The number of ether oxygens (including phenoxy) is 1. The molecule has 0 saturated carbocycles. The summed E-state index contributed by atoms with van der Waals surface area (Å²) in [5.41, 5.74) is 6.06. The van der Waals surface area contributed by atoms with Crippen LogP contribution in [-0.2, 0) is 0 Å². The number of rotatable bonds is 6. The zero-order chi connectivity index (χ0) is 11.1. The van der Waals surface area contributed by atoms with Gasteiger partial charge >= 0.3 is 0 Å². The van der Waals surface area contributed by atoms with Crippen LogP contribution < -0.4 is 10.5 Å². The van der Waals surface area contributed by atoms with E-state index in [0.717, 1.165) is 12.2 Å². The first kappa shape index (κ1) is 11.7. The molecule has 15 heavy (non-hydrogen) atoms. The molecule has 0 saturated heterocycles. The fraction of sp³-hybridized carbons (Fsp3) is 0.417. The zero-order valence-corrected chi connectivity index (χ0v) is 9.03. The number of ketones is 1. The maximum absolute atomic E-state index is 11.6. The first-order valence-corrected chi connectivity index (χ1v) is 5.24. The summed E-state index contributed by atoms with van der Waals surface area (Å²) in [6.45, 7) is 3.08. The highest BCUT2D eigenvalue weighted by molar-refractivity contribution is 5.96. The maximum atomic E-state index is 11.6. The Morgan fingerprint density at radius 1 is 1.47 bits per heavy atom. The van der Waals surface area contributed by atoms with E-state index in [1.807, 2.05) is 19.1 Å². The minimum atomic E-state index is 0.127. The zero-order valence-electron chi connectivity index (χ0n) is 9.03. The highest BCUT2D eigenvalue weighted by Gasteiger charge is 2.05. The number of carbonyl (C=O) groups excluding carboxylic acids is 1. The number of nitrogens with two attached hydrogens (primary N) is 1. The van der Waals surface area contributed by atoms with E-state index >= 15 is 0 Å². The van der Waals surface area contributed by atoms with Crippen LogP contribution in [-0.4, -0.2) is 18.9 Å². The number of benzene rings is 1. The largest absolute Gasteiger partial charge is 0.494 e. The second-order valence-corrected chi connectivity index (χ2v) is 3.28. The molecule has 1 aromatic rings. The average molecular weight is 207 g/mol. The van der Waals surface area contributed by atoms with E-state index in [1.165, 1.54) is 0 Å². The summed E-state index contributed by atoms with van der Waals surface area (Å²) in [4.78, 5) is 11.6. The van der Waals surface area contributed by atoms with Crippen LogP contribution in [0.5, 0.6) is 5.75 Å². The highest BCUT2D eigenvalue weighted by atomic mass is 16.5. The van der Waals surface area contributed by atoms with Gasteiger partial charge in [0.1, 0.15) is 5.75 Å². The third kappa shape index (κ3) is 3.72. The van der Waals surface area contributed by atoms with Gasteiger partial charge in [-0.15, -0.1) is 0 Å².